The van der Waals surface area contributed by atoms with Crippen LogP contribution in [0.4, 0.5) is 11.4 Å². The first kappa shape index (κ1) is 25.2. The molecule has 0 spiro atoms. The van der Waals surface area contributed by atoms with Crippen LogP contribution in [-0.4, -0.2) is 51.9 Å². The van der Waals surface area contributed by atoms with Gasteiger partial charge in [-0.3, -0.25) is 13.9 Å². The third-order valence-corrected chi connectivity index (χ3v) is 7.88. The van der Waals surface area contributed by atoms with Crippen LogP contribution >= 0.6 is 0 Å². The first-order valence-electron chi connectivity index (χ1n) is 11.7. The molecule has 1 aliphatic heterocycles. The Hall–Kier alpha value is -3.85. The summed E-state index contributed by atoms with van der Waals surface area (Å²) in [5, 5.41) is 2.76. The highest BCUT2D eigenvalue weighted by atomic mass is 32.2. The van der Waals surface area contributed by atoms with Crippen molar-refractivity contribution in [3.63, 3.8) is 0 Å². The number of para-hydroxylation sites is 2. The second-order valence-electron chi connectivity index (χ2n) is 8.57. The van der Waals surface area contributed by atoms with Gasteiger partial charge in [0.15, 0.2) is 0 Å². The summed E-state index contributed by atoms with van der Waals surface area (Å²) in [5.74, 6) is -0.142. The van der Waals surface area contributed by atoms with Crippen molar-refractivity contribution in [1.82, 2.24) is 4.90 Å². The van der Waals surface area contributed by atoms with Gasteiger partial charge in [-0.15, -0.1) is 0 Å². The molecular weight excluding hydrogens is 478 g/mol. The van der Waals surface area contributed by atoms with E-state index in [-0.39, 0.29) is 10.8 Å². The number of methoxy groups -OCH3 is 1. The summed E-state index contributed by atoms with van der Waals surface area (Å²) in [6, 6.07) is 19.8. The fraction of sp³-hybridized carbons (Fsp3) is 0.259. The summed E-state index contributed by atoms with van der Waals surface area (Å²) < 4.78 is 33.6. The number of hydrogen-bond donors (Lipinski definition) is 1. The van der Waals surface area contributed by atoms with Crippen LogP contribution < -0.4 is 14.4 Å². The Labute approximate surface area is 211 Å². The fourth-order valence-corrected chi connectivity index (χ4v) is 5.74. The van der Waals surface area contributed by atoms with Crippen LogP contribution in [0.3, 0.4) is 0 Å². The zero-order valence-corrected chi connectivity index (χ0v) is 21.1. The highest BCUT2D eigenvalue weighted by Crippen LogP contribution is 2.28. The summed E-state index contributed by atoms with van der Waals surface area (Å²) in [7, 11) is -2.57. The lowest BCUT2D eigenvalue weighted by atomic mass is 10.1. The zero-order chi connectivity index (χ0) is 25.7. The van der Waals surface area contributed by atoms with Gasteiger partial charge in [-0.05, 0) is 67.8 Å². The van der Waals surface area contributed by atoms with Gasteiger partial charge in [-0.25, -0.2) is 8.42 Å². The van der Waals surface area contributed by atoms with Crippen LogP contribution in [0, 0.1) is 6.92 Å². The van der Waals surface area contributed by atoms with Crippen LogP contribution in [0.5, 0.6) is 5.75 Å². The number of anilines is 2. The molecule has 3 aromatic carbocycles. The van der Waals surface area contributed by atoms with Crippen molar-refractivity contribution in [2.45, 2.75) is 24.7 Å². The van der Waals surface area contributed by atoms with E-state index >= 15 is 0 Å². The van der Waals surface area contributed by atoms with Crippen molar-refractivity contribution in [3.8, 4) is 5.75 Å². The minimum Gasteiger partial charge on any atom is -0.496 e. The Balaban J connectivity index is 1.62. The Morgan fingerprint density at radius 3 is 2.31 bits per heavy atom. The molecule has 1 N–H and O–H groups in total. The summed E-state index contributed by atoms with van der Waals surface area (Å²) in [6.45, 7) is 2.65. The predicted molar refractivity (Wildman–Crippen MR) is 139 cm³/mol. The van der Waals surface area contributed by atoms with Crippen LogP contribution in [-0.2, 0) is 14.8 Å². The quantitative estimate of drug-likeness (QED) is 0.496. The van der Waals surface area contributed by atoms with Crippen molar-refractivity contribution in [2.75, 3.05) is 36.4 Å². The van der Waals surface area contributed by atoms with Gasteiger partial charge in [0.2, 0.25) is 5.91 Å². The first-order chi connectivity index (χ1) is 17.3. The van der Waals surface area contributed by atoms with E-state index in [1.54, 1.807) is 72.5 Å². The number of rotatable bonds is 8. The molecule has 0 aliphatic carbocycles. The molecule has 0 atom stereocenters. The van der Waals surface area contributed by atoms with Crippen molar-refractivity contribution in [3.05, 3.63) is 83.9 Å². The molecule has 0 saturated carbocycles. The molecule has 0 unspecified atom stereocenters. The summed E-state index contributed by atoms with van der Waals surface area (Å²) in [4.78, 5) is 28.0. The number of carbonyl (C=O) groups is 2. The van der Waals surface area contributed by atoms with Gasteiger partial charge in [0.1, 0.15) is 12.3 Å². The molecule has 1 aliphatic rings. The number of ether oxygens (including phenoxy) is 1. The molecule has 1 saturated heterocycles. The van der Waals surface area contributed by atoms with Crippen molar-refractivity contribution in [2.24, 2.45) is 0 Å². The summed E-state index contributed by atoms with van der Waals surface area (Å²) in [6.07, 6.45) is 1.91. The minimum atomic E-state index is -4.09. The maximum atomic E-state index is 13.7. The van der Waals surface area contributed by atoms with Gasteiger partial charge in [0, 0.05) is 13.1 Å². The standard InChI is InChI=1S/C27H29N3O5S/c1-20-18-22(14-15-25(20)35-2)36(33,34)30(21-10-4-3-5-11-21)19-26(31)28-24-13-7-6-12-23(24)27(32)29-16-8-9-17-29/h3-7,10-15,18H,8-9,16-17,19H2,1-2H3,(H,28,31). The molecule has 9 heteroatoms. The van der Waals surface area contributed by atoms with Gasteiger partial charge in [0.25, 0.3) is 15.9 Å². The van der Waals surface area contributed by atoms with Crippen LogP contribution in [0.1, 0.15) is 28.8 Å². The third kappa shape index (κ3) is 5.36. The maximum absolute atomic E-state index is 13.7. The molecule has 188 valence electrons. The fourth-order valence-electron chi connectivity index (χ4n) is 4.24. The van der Waals surface area contributed by atoms with E-state index in [4.69, 9.17) is 4.74 Å². The second kappa shape index (κ2) is 10.8. The van der Waals surface area contributed by atoms with E-state index in [1.807, 2.05) is 0 Å². The zero-order valence-electron chi connectivity index (χ0n) is 20.3. The molecular formula is C27H29N3O5S. The number of benzene rings is 3. The lowest BCUT2D eigenvalue weighted by Gasteiger charge is -2.25. The van der Waals surface area contributed by atoms with E-state index in [1.165, 1.54) is 19.2 Å². The molecule has 4 rings (SSSR count). The molecule has 0 radical (unpaired) electrons. The third-order valence-electron chi connectivity index (χ3n) is 6.11. The van der Waals surface area contributed by atoms with E-state index in [0.717, 1.165) is 17.1 Å². The monoisotopic (exact) mass is 507 g/mol. The number of sulfonamides is 1. The van der Waals surface area contributed by atoms with Gasteiger partial charge in [-0.1, -0.05) is 30.3 Å². The van der Waals surface area contributed by atoms with Crippen LogP contribution in [0.25, 0.3) is 0 Å². The smallest absolute Gasteiger partial charge is 0.264 e. The number of likely N-dealkylation sites (tertiary alicyclic amines) is 1. The number of nitrogens with one attached hydrogen (secondary N) is 1. The van der Waals surface area contributed by atoms with Crippen LogP contribution in [0.15, 0.2) is 77.7 Å². The first-order valence-corrected chi connectivity index (χ1v) is 13.2. The molecule has 0 bridgehead atoms. The van der Waals surface area contributed by atoms with E-state index in [2.05, 4.69) is 5.32 Å². The average Bonchev–Trinajstić information content (AvgIpc) is 3.43. The molecule has 0 aromatic heterocycles. The lowest BCUT2D eigenvalue weighted by Crippen LogP contribution is -2.38. The molecule has 36 heavy (non-hydrogen) atoms. The Bertz CT molecular complexity index is 1350. The molecule has 2 amide bonds. The van der Waals surface area contributed by atoms with Gasteiger partial charge < -0.3 is 15.0 Å². The largest absolute Gasteiger partial charge is 0.496 e. The number of hydrogen-bond acceptors (Lipinski definition) is 5. The Morgan fingerprint density at radius 1 is 0.972 bits per heavy atom. The molecule has 8 nitrogen and oxygen atoms in total. The second-order valence-corrected chi connectivity index (χ2v) is 10.4. The molecule has 1 fully saturated rings. The van der Waals surface area contributed by atoms with E-state index < -0.39 is 22.5 Å². The van der Waals surface area contributed by atoms with E-state index in [0.29, 0.717) is 41.3 Å². The number of carbonyl (C=O) groups excluding carboxylic acids is 2. The van der Waals surface area contributed by atoms with E-state index in [9.17, 15) is 18.0 Å². The number of aryl methyl sites for hydroxylation is 1. The van der Waals surface area contributed by atoms with Crippen LogP contribution in [0.2, 0.25) is 0 Å². The van der Waals surface area contributed by atoms with Gasteiger partial charge >= 0.3 is 0 Å². The highest BCUT2D eigenvalue weighted by molar-refractivity contribution is 7.92. The topological polar surface area (TPSA) is 96.0 Å². The van der Waals surface area contributed by atoms with Crippen molar-refractivity contribution in [1.29, 1.82) is 0 Å². The SMILES string of the molecule is COc1ccc(S(=O)(=O)N(CC(=O)Nc2ccccc2C(=O)N2CCCC2)c2ccccc2)cc1C. The average molecular weight is 508 g/mol. The lowest BCUT2D eigenvalue weighted by molar-refractivity contribution is -0.114. The highest BCUT2D eigenvalue weighted by Gasteiger charge is 2.29. The Morgan fingerprint density at radius 2 is 1.64 bits per heavy atom. The summed E-state index contributed by atoms with van der Waals surface area (Å²) >= 11 is 0. The molecule has 3 aromatic rings. The summed E-state index contributed by atoms with van der Waals surface area (Å²) in [5.41, 5.74) is 1.74. The van der Waals surface area contributed by atoms with Gasteiger partial charge in [0.05, 0.1) is 28.9 Å². The number of nitrogens with zero attached hydrogens (tertiary/aromatic N) is 2. The predicted octanol–water partition coefficient (Wildman–Crippen LogP) is 4.07. The molecule has 1 heterocycles. The normalized spacial score (nSPS) is 13.3. The van der Waals surface area contributed by atoms with Crippen molar-refractivity contribution < 1.29 is 22.7 Å². The van der Waals surface area contributed by atoms with Crippen molar-refractivity contribution >= 4 is 33.2 Å². The van der Waals surface area contributed by atoms with Gasteiger partial charge in [-0.2, -0.15) is 0 Å². The minimum absolute atomic E-state index is 0.0436. The Kier molecular flexibility index (Phi) is 7.59. The number of amides is 2. The maximum Gasteiger partial charge on any atom is 0.264 e.